The molecule has 0 bridgehead atoms. The van der Waals surface area contributed by atoms with Gasteiger partial charge in [0.15, 0.2) is 0 Å². The SMILES string of the molecule is CC1(C)CCN1C(=O)[C@H]1CCCN1c1ncnc2sccc12. The molecule has 22 heavy (non-hydrogen) atoms. The van der Waals surface area contributed by atoms with Crippen molar-refractivity contribution in [3.05, 3.63) is 17.8 Å². The van der Waals surface area contributed by atoms with Crippen LogP contribution in [0.2, 0.25) is 0 Å². The Hall–Kier alpha value is -1.69. The number of rotatable bonds is 2. The van der Waals surface area contributed by atoms with E-state index in [4.69, 9.17) is 0 Å². The molecule has 2 aromatic heterocycles. The van der Waals surface area contributed by atoms with Gasteiger partial charge < -0.3 is 9.80 Å². The number of carbonyl (C=O) groups is 1. The van der Waals surface area contributed by atoms with Crippen LogP contribution in [0.1, 0.15) is 33.1 Å². The topological polar surface area (TPSA) is 49.3 Å². The molecule has 1 atom stereocenters. The van der Waals surface area contributed by atoms with Crippen LogP contribution in [0.25, 0.3) is 10.2 Å². The smallest absolute Gasteiger partial charge is 0.245 e. The minimum Gasteiger partial charge on any atom is -0.344 e. The second kappa shape index (κ2) is 4.91. The standard InChI is InChI=1S/C16H20N4OS/c1-16(2)6-8-20(16)15(21)12-4-3-7-19(12)13-11-5-9-22-14(11)18-10-17-13/h5,9-10,12H,3-4,6-8H2,1-2H3/t12-/m1/s1. The molecule has 2 saturated heterocycles. The third-order valence-electron chi connectivity index (χ3n) is 4.99. The first kappa shape index (κ1) is 13.9. The van der Waals surface area contributed by atoms with E-state index in [0.717, 1.165) is 48.4 Å². The molecule has 0 spiro atoms. The molecule has 0 saturated carbocycles. The zero-order valence-corrected chi connectivity index (χ0v) is 13.8. The van der Waals surface area contributed by atoms with Crippen molar-refractivity contribution in [3.63, 3.8) is 0 Å². The molecule has 2 aromatic rings. The van der Waals surface area contributed by atoms with Crippen LogP contribution < -0.4 is 4.90 Å². The Morgan fingerprint density at radius 2 is 2.23 bits per heavy atom. The lowest BCUT2D eigenvalue weighted by atomic mass is 9.88. The number of fused-ring (bicyclic) bond motifs is 1. The van der Waals surface area contributed by atoms with Gasteiger partial charge in [0, 0.05) is 18.6 Å². The quantitative estimate of drug-likeness (QED) is 0.855. The second-order valence-corrected chi connectivity index (χ2v) is 7.64. The van der Waals surface area contributed by atoms with E-state index in [9.17, 15) is 4.79 Å². The fourth-order valence-electron chi connectivity index (χ4n) is 3.54. The summed E-state index contributed by atoms with van der Waals surface area (Å²) >= 11 is 1.62. The Morgan fingerprint density at radius 3 is 2.95 bits per heavy atom. The average molecular weight is 316 g/mol. The van der Waals surface area contributed by atoms with E-state index in [1.54, 1.807) is 17.7 Å². The van der Waals surface area contributed by atoms with Crippen molar-refractivity contribution in [2.45, 2.75) is 44.7 Å². The number of carbonyl (C=O) groups excluding carboxylic acids is 1. The van der Waals surface area contributed by atoms with Gasteiger partial charge in [-0.1, -0.05) is 0 Å². The van der Waals surface area contributed by atoms with Crippen molar-refractivity contribution < 1.29 is 4.79 Å². The maximum atomic E-state index is 12.9. The molecule has 2 aliphatic heterocycles. The molecule has 6 heteroatoms. The van der Waals surface area contributed by atoms with E-state index in [-0.39, 0.29) is 17.5 Å². The Kier molecular flexibility index (Phi) is 3.11. The number of hydrogen-bond donors (Lipinski definition) is 0. The minimum atomic E-state index is -0.0717. The lowest BCUT2D eigenvalue weighted by Crippen LogP contribution is -2.62. The van der Waals surface area contributed by atoms with Gasteiger partial charge in [-0.15, -0.1) is 11.3 Å². The molecular formula is C16H20N4OS. The Morgan fingerprint density at radius 1 is 1.36 bits per heavy atom. The van der Waals surface area contributed by atoms with E-state index < -0.39 is 0 Å². The third kappa shape index (κ3) is 2.00. The monoisotopic (exact) mass is 316 g/mol. The fourth-order valence-corrected chi connectivity index (χ4v) is 4.27. The van der Waals surface area contributed by atoms with Gasteiger partial charge in [0.2, 0.25) is 5.91 Å². The first-order valence-corrected chi connectivity index (χ1v) is 8.72. The number of nitrogens with zero attached hydrogens (tertiary/aromatic N) is 4. The fraction of sp³-hybridized carbons (Fsp3) is 0.562. The third-order valence-corrected chi connectivity index (χ3v) is 5.82. The van der Waals surface area contributed by atoms with Crippen LogP contribution in [0, 0.1) is 0 Å². The first-order valence-electron chi connectivity index (χ1n) is 7.84. The molecule has 5 nitrogen and oxygen atoms in total. The summed E-state index contributed by atoms with van der Waals surface area (Å²) < 4.78 is 0. The van der Waals surface area contributed by atoms with Crippen LogP contribution in [-0.4, -0.2) is 45.4 Å². The van der Waals surface area contributed by atoms with E-state index in [1.807, 2.05) is 10.3 Å². The summed E-state index contributed by atoms with van der Waals surface area (Å²) in [4.78, 5) is 27.0. The number of amides is 1. The molecule has 0 unspecified atom stereocenters. The van der Waals surface area contributed by atoms with Crippen molar-refractivity contribution in [2.24, 2.45) is 0 Å². The van der Waals surface area contributed by atoms with Crippen LogP contribution in [-0.2, 0) is 4.79 Å². The summed E-state index contributed by atoms with van der Waals surface area (Å²) in [7, 11) is 0. The maximum Gasteiger partial charge on any atom is 0.245 e. The molecular weight excluding hydrogens is 296 g/mol. The largest absolute Gasteiger partial charge is 0.344 e. The highest BCUT2D eigenvalue weighted by atomic mass is 32.1. The summed E-state index contributed by atoms with van der Waals surface area (Å²) in [5, 5.41) is 3.10. The highest BCUT2D eigenvalue weighted by molar-refractivity contribution is 7.16. The van der Waals surface area contributed by atoms with E-state index in [2.05, 4.69) is 34.8 Å². The number of thiophene rings is 1. The average Bonchev–Trinajstić information content (AvgIpc) is 3.14. The molecule has 4 rings (SSSR count). The molecule has 2 fully saturated rings. The van der Waals surface area contributed by atoms with Crippen molar-refractivity contribution in [1.82, 2.24) is 14.9 Å². The summed E-state index contributed by atoms with van der Waals surface area (Å²) in [6.07, 6.45) is 4.66. The van der Waals surface area contributed by atoms with Crippen LogP contribution in [0.3, 0.4) is 0 Å². The zero-order valence-electron chi connectivity index (χ0n) is 13.0. The summed E-state index contributed by atoms with van der Waals surface area (Å²) in [6, 6.07) is 1.99. The molecule has 0 aromatic carbocycles. The van der Waals surface area contributed by atoms with Gasteiger partial charge in [0.1, 0.15) is 23.0 Å². The highest BCUT2D eigenvalue weighted by Crippen LogP contribution is 2.36. The van der Waals surface area contributed by atoms with E-state index in [1.165, 1.54) is 0 Å². The molecule has 0 N–H and O–H groups in total. The normalized spacial score (nSPS) is 23.8. The Labute approximate surface area is 134 Å². The van der Waals surface area contributed by atoms with Gasteiger partial charge >= 0.3 is 0 Å². The van der Waals surface area contributed by atoms with Crippen LogP contribution in [0.4, 0.5) is 5.82 Å². The zero-order chi connectivity index (χ0) is 15.3. The summed E-state index contributed by atoms with van der Waals surface area (Å²) in [5.41, 5.74) is 0.00865. The molecule has 0 radical (unpaired) electrons. The number of hydrogen-bond acceptors (Lipinski definition) is 5. The molecule has 1 amide bonds. The molecule has 2 aliphatic rings. The number of likely N-dealkylation sites (tertiary alicyclic amines) is 1. The summed E-state index contributed by atoms with van der Waals surface area (Å²) in [5.74, 6) is 1.18. The van der Waals surface area contributed by atoms with Crippen molar-refractivity contribution in [1.29, 1.82) is 0 Å². The molecule has 116 valence electrons. The first-order chi connectivity index (χ1) is 10.6. The van der Waals surface area contributed by atoms with E-state index >= 15 is 0 Å². The lowest BCUT2D eigenvalue weighted by Gasteiger charge is -2.50. The second-order valence-electron chi connectivity index (χ2n) is 6.74. The Balaban J connectivity index is 1.67. The molecule has 4 heterocycles. The van der Waals surface area contributed by atoms with Gasteiger partial charge in [-0.2, -0.15) is 0 Å². The highest BCUT2D eigenvalue weighted by Gasteiger charge is 2.44. The van der Waals surface area contributed by atoms with Gasteiger partial charge in [-0.25, -0.2) is 9.97 Å². The van der Waals surface area contributed by atoms with Crippen LogP contribution in [0.5, 0.6) is 0 Å². The lowest BCUT2D eigenvalue weighted by molar-refractivity contribution is -0.145. The van der Waals surface area contributed by atoms with Crippen LogP contribution >= 0.6 is 11.3 Å². The number of aromatic nitrogens is 2. The minimum absolute atomic E-state index is 0.00865. The molecule has 0 aliphatic carbocycles. The van der Waals surface area contributed by atoms with Crippen molar-refractivity contribution >= 4 is 33.3 Å². The van der Waals surface area contributed by atoms with Crippen molar-refractivity contribution in [2.75, 3.05) is 18.0 Å². The summed E-state index contributed by atoms with van der Waals surface area (Å²) in [6.45, 7) is 6.07. The van der Waals surface area contributed by atoms with Crippen molar-refractivity contribution in [3.8, 4) is 0 Å². The predicted molar refractivity (Wildman–Crippen MR) is 88.2 cm³/mol. The van der Waals surface area contributed by atoms with Gasteiger partial charge in [-0.05, 0) is 44.6 Å². The van der Waals surface area contributed by atoms with Gasteiger partial charge in [0.25, 0.3) is 0 Å². The Bertz CT molecular complexity index is 726. The number of anilines is 1. The predicted octanol–water partition coefficient (Wildman–Crippen LogP) is 2.67. The van der Waals surface area contributed by atoms with E-state index in [0.29, 0.717) is 0 Å². The van der Waals surface area contributed by atoms with Gasteiger partial charge in [0.05, 0.1) is 5.39 Å². The van der Waals surface area contributed by atoms with Crippen LogP contribution in [0.15, 0.2) is 17.8 Å². The maximum absolute atomic E-state index is 12.9. The van der Waals surface area contributed by atoms with Gasteiger partial charge in [-0.3, -0.25) is 4.79 Å².